The Labute approximate surface area is 119 Å². The molecule has 0 saturated carbocycles. The van der Waals surface area contributed by atoms with Crippen molar-refractivity contribution in [3.63, 3.8) is 0 Å². The molecule has 3 heteroatoms. The van der Waals surface area contributed by atoms with Crippen molar-refractivity contribution in [3.05, 3.63) is 59.8 Å². The summed E-state index contributed by atoms with van der Waals surface area (Å²) in [5.41, 5.74) is 2.56. The molecule has 1 atom stereocenters. The molecule has 0 spiro atoms. The van der Waals surface area contributed by atoms with E-state index < -0.39 is 0 Å². The van der Waals surface area contributed by atoms with E-state index in [4.69, 9.17) is 11.6 Å². The van der Waals surface area contributed by atoms with Crippen LogP contribution in [0.1, 0.15) is 23.5 Å². The minimum Gasteiger partial charge on any atom is -0.356 e. The van der Waals surface area contributed by atoms with Crippen molar-refractivity contribution in [2.75, 3.05) is 18.0 Å². The van der Waals surface area contributed by atoms with E-state index in [1.165, 1.54) is 12.0 Å². The fourth-order valence-electron chi connectivity index (χ4n) is 2.68. The second-order valence-corrected chi connectivity index (χ2v) is 5.27. The molecule has 0 amide bonds. The summed E-state index contributed by atoms with van der Waals surface area (Å²) in [5.74, 6) is 2.21. The fraction of sp³-hybridized carbons (Fsp3) is 0.312. The van der Waals surface area contributed by atoms with Crippen LogP contribution in [0.2, 0.25) is 0 Å². The third-order valence-corrected chi connectivity index (χ3v) is 4.06. The normalized spacial score (nSPS) is 18.8. The van der Waals surface area contributed by atoms with Crippen molar-refractivity contribution in [2.45, 2.75) is 18.2 Å². The van der Waals surface area contributed by atoms with Gasteiger partial charge in [-0.15, -0.1) is 11.6 Å². The lowest BCUT2D eigenvalue weighted by atomic mass is 9.99. The molecule has 0 radical (unpaired) electrons. The smallest absolute Gasteiger partial charge is 0.128 e. The molecule has 1 fully saturated rings. The Morgan fingerprint density at radius 3 is 2.84 bits per heavy atom. The molecule has 2 nitrogen and oxygen atoms in total. The zero-order valence-electron chi connectivity index (χ0n) is 10.8. The van der Waals surface area contributed by atoms with Gasteiger partial charge in [0.15, 0.2) is 0 Å². The summed E-state index contributed by atoms with van der Waals surface area (Å²) in [6.07, 6.45) is 3.04. The van der Waals surface area contributed by atoms with Gasteiger partial charge in [-0.1, -0.05) is 30.3 Å². The van der Waals surface area contributed by atoms with Gasteiger partial charge < -0.3 is 4.90 Å². The lowest BCUT2D eigenvalue weighted by Gasteiger charge is -2.18. The molecule has 1 saturated heterocycles. The summed E-state index contributed by atoms with van der Waals surface area (Å²) >= 11 is 5.88. The van der Waals surface area contributed by atoms with Gasteiger partial charge in [-0.3, -0.25) is 0 Å². The summed E-state index contributed by atoms with van der Waals surface area (Å²) in [6, 6.07) is 14.8. The summed E-state index contributed by atoms with van der Waals surface area (Å²) < 4.78 is 0. The Hall–Kier alpha value is -1.54. The molecule has 0 bridgehead atoms. The highest BCUT2D eigenvalue weighted by atomic mass is 35.5. The van der Waals surface area contributed by atoms with Gasteiger partial charge >= 0.3 is 0 Å². The molecule has 0 aliphatic carbocycles. The van der Waals surface area contributed by atoms with Gasteiger partial charge in [0.2, 0.25) is 0 Å². The molecular formula is C16H17ClN2. The average molecular weight is 273 g/mol. The summed E-state index contributed by atoms with van der Waals surface area (Å²) in [7, 11) is 0. The highest BCUT2D eigenvalue weighted by Crippen LogP contribution is 2.29. The minimum absolute atomic E-state index is 0.547. The van der Waals surface area contributed by atoms with E-state index in [2.05, 4.69) is 46.3 Å². The molecule has 1 aliphatic heterocycles. The number of hydrogen-bond donors (Lipinski definition) is 0. The van der Waals surface area contributed by atoms with Crippen molar-refractivity contribution in [1.82, 2.24) is 4.98 Å². The van der Waals surface area contributed by atoms with Gasteiger partial charge in [-0.2, -0.15) is 0 Å². The van der Waals surface area contributed by atoms with E-state index in [1.807, 2.05) is 12.3 Å². The molecule has 1 aromatic heterocycles. The molecular weight excluding hydrogens is 256 g/mol. The molecule has 98 valence electrons. The first-order valence-electron chi connectivity index (χ1n) is 6.67. The predicted octanol–water partition coefficient (Wildman–Crippen LogP) is 3.81. The van der Waals surface area contributed by atoms with E-state index in [0.29, 0.717) is 11.8 Å². The van der Waals surface area contributed by atoms with Crippen LogP contribution in [-0.4, -0.2) is 18.1 Å². The highest BCUT2D eigenvalue weighted by molar-refractivity contribution is 6.17. The van der Waals surface area contributed by atoms with Crippen LogP contribution in [0.5, 0.6) is 0 Å². The van der Waals surface area contributed by atoms with Crippen molar-refractivity contribution < 1.29 is 0 Å². The number of pyridine rings is 1. The molecule has 3 rings (SSSR count). The maximum atomic E-state index is 5.88. The Kier molecular flexibility index (Phi) is 3.69. The van der Waals surface area contributed by atoms with Crippen molar-refractivity contribution in [1.29, 1.82) is 0 Å². The third kappa shape index (κ3) is 2.74. The molecule has 2 aromatic rings. The van der Waals surface area contributed by atoms with Gasteiger partial charge in [-0.05, 0) is 29.7 Å². The first-order chi connectivity index (χ1) is 9.36. The number of halogens is 1. The van der Waals surface area contributed by atoms with Crippen LogP contribution in [0.25, 0.3) is 0 Å². The van der Waals surface area contributed by atoms with Crippen molar-refractivity contribution >= 4 is 17.4 Å². The number of aromatic nitrogens is 1. The quantitative estimate of drug-likeness (QED) is 0.790. The predicted molar refractivity (Wildman–Crippen MR) is 79.8 cm³/mol. The molecule has 1 aliphatic rings. The standard InChI is InChI=1S/C16H17ClN2/c17-11-13-6-8-18-16(10-13)19-9-7-15(12-19)14-4-2-1-3-5-14/h1-6,8,10,15H,7,9,11-12H2. The Morgan fingerprint density at radius 2 is 2.05 bits per heavy atom. The van der Waals surface area contributed by atoms with Crippen molar-refractivity contribution in [3.8, 4) is 0 Å². The average Bonchev–Trinajstić information content (AvgIpc) is 2.98. The number of anilines is 1. The van der Waals surface area contributed by atoms with Crippen LogP contribution in [0, 0.1) is 0 Å². The maximum absolute atomic E-state index is 5.88. The topological polar surface area (TPSA) is 16.1 Å². The van der Waals surface area contributed by atoms with E-state index in [1.54, 1.807) is 0 Å². The van der Waals surface area contributed by atoms with Crippen LogP contribution < -0.4 is 4.90 Å². The van der Waals surface area contributed by atoms with Crippen LogP contribution >= 0.6 is 11.6 Å². The molecule has 0 N–H and O–H groups in total. The van der Waals surface area contributed by atoms with Crippen LogP contribution in [0.4, 0.5) is 5.82 Å². The number of nitrogens with zero attached hydrogens (tertiary/aromatic N) is 2. The van der Waals surface area contributed by atoms with E-state index >= 15 is 0 Å². The van der Waals surface area contributed by atoms with Crippen LogP contribution in [0.3, 0.4) is 0 Å². The maximum Gasteiger partial charge on any atom is 0.128 e. The van der Waals surface area contributed by atoms with Gasteiger partial charge in [0, 0.05) is 31.1 Å². The second kappa shape index (κ2) is 5.62. The number of benzene rings is 1. The number of hydrogen-bond acceptors (Lipinski definition) is 2. The van der Waals surface area contributed by atoms with E-state index in [0.717, 1.165) is 24.5 Å². The number of alkyl halides is 1. The Bertz CT molecular complexity index is 541. The molecule has 1 aromatic carbocycles. The minimum atomic E-state index is 0.547. The zero-order chi connectivity index (χ0) is 13.1. The largest absolute Gasteiger partial charge is 0.356 e. The lowest BCUT2D eigenvalue weighted by Crippen LogP contribution is -2.20. The first-order valence-corrected chi connectivity index (χ1v) is 7.21. The van der Waals surface area contributed by atoms with Gasteiger partial charge in [0.1, 0.15) is 5.82 Å². The Morgan fingerprint density at radius 1 is 1.21 bits per heavy atom. The van der Waals surface area contributed by atoms with E-state index in [-0.39, 0.29) is 0 Å². The van der Waals surface area contributed by atoms with Gasteiger partial charge in [-0.25, -0.2) is 4.98 Å². The molecule has 1 unspecified atom stereocenters. The molecule has 19 heavy (non-hydrogen) atoms. The number of rotatable bonds is 3. The summed E-state index contributed by atoms with van der Waals surface area (Å²) in [4.78, 5) is 6.82. The SMILES string of the molecule is ClCc1ccnc(N2CCC(c3ccccc3)C2)c1. The summed E-state index contributed by atoms with van der Waals surface area (Å²) in [5, 5.41) is 0. The summed E-state index contributed by atoms with van der Waals surface area (Å²) in [6.45, 7) is 2.11. The zero-order valence-corrected chi connectivity index (χ0v) is 11.6. The van der Waals surface area contributed by atoms with Crippen molar-refractivity contribution in [2.24, 2.45) is 0 Å². The lowest BCUT2D eigenvalue weighted by molar-refractivity contribution is 0.774. The first kappa shape index (κ1) is 12.5. The fourth-order valence-corrected chi connectivity index (χ4v) is 2.85. The van der Waals surface area contributed by atoms with Gasteiger partial charge in [0.25, 0.3) is 0 Å². The molecule has 2 heterocycles. The monoisotopic (exact) mass is 272 g/mol. The van der Waals surface area contributed by atoms with Gasteiger partial charge in [0.05, 0.1) is 0 Å². The second-order valence-electron chi connectivity index (χ2n) is 5.00. The Balaban J connectivity index is 1.75. The third-order valence-electron chi connectivity index (χ3n) is 3.75. The van der Waals surface area contributed by atoms with E-state index in [9.17, 15) is 0 Å². The van der Waals surface area contributed by atoms with Crippen LogP contribution in [-0.2, 0) is 5.88 Å². The highest BCUT2D eigenvalue weighted by Gasteiger charge is 2.24. The van der Waals surface area contributed by atoms with Crippen LogP contribution in [0.15, 0.2) is 48.7 Å².